The van der Waals surface area contributed by atoms with Gasteiger partial charge in [0.1, 0.15) is 0 Å². The van der Waals surface area contributed by atoms with Crippen LogP contribution in [0.5, 0.6) is 0 Å². The monoisotopic (exact) mass is 487 g/mol. The second-order valence-corrected chi connectivity index (χ2v) is 12.4. The Balaban J connectivity index is 1.13. The molecule has 6 fully saturated rings. The lowest BCUT2D eigenvalue weighted by atomic mass is 9.57. The second-order valence-electron chi connectivity index (χ2n) is 12.4. The molecular formula is C30H37N3O3. The molecule has 4 aliphatic carbocycles. The number of rotatable bonds is 5. The molecule has 3 N–H and O–H groups in total. The summed E-state index contributed by atoms with van der Waals surface area (Å²) in [5.41, 5.74) is 10.4. The predicted octanol–water partition coefficient (Wildman–Crippen LogP) is 3.94. The van der Waals surface area contributed by atoms with Gasteiger partial charge in [-0.3, -0.25) is 14.7 Å². The van der Waals surface area contributed by atoms with Crippen molar-refractivity contribution in [2.45, 2.75) is 80.3 Å². The fourth-order valence-corrected chi connectivity index (χ4v) is 8.05. The Labute approximate surface area is 213 Å². The quantitative estimate of drug-likeness (QED) is 0.667. The highest BCUT2D eigenvalue weighted by Gasteiger charge is 2.61. The van der Waals surface area contributed by atoms with Crippen molar-refractivity contribution in [1.82, 2.24) is 9.88 Å². The second kappa shape index (κ2) is 8.11. The number of carbonyl (C=O) groups excluding carboxylic acids is 1. The van der Waals surface area contributed by atoms with Gasteiger partial charge in [-0.25, -0.2) is 0 Å². The van der Waals surface area contributed by atoms with Gasteiger partial charge in [-0.15, -0.1) is 0 Å². The van der Waals surface area contributed by atoms with E-state index < -0.39 is 11.5 Å². The third kappa shape index (κ3) is 3.56. The molecule has 2 aliphatic heterocycles. The van der Waals surface area contributed by atoms with Crippen molar-refractivity contribution < 1.29 is 14.6 Å². The number of hydrogen-bond donors (Lipinski definition) is 2. The zero-order valence-corrected chi connectivity index (χ0v) is 21.0. The first-order valence-corrected chi connectivity index (χ1v) is 13.9. The van der Waals surface area contributed by atoms with Crippen molar-refractivity contribution >= 4 is 5.91 Å². The first kappa shape index (κ1) is 22.9. The smallest absolute Gasteiger partial charge is 0.250 e. The molecule has 2 aromatic rings. The van der Waals surface area contributed by atoms with Crippen molar-refractivity contribution in [2.75, 3.05) is 26.3 Å². The number of benzene rings is 1. The maximum absolute atomic E-state index is 12.5. The van der Waals surface area contributed by atoms with Gasteiger partial charge >= 0.3 is 0 Å². The molecule has 1 aromatic carbocycles. The average Bonchev–Trinajstić information content (AvgIpc) is 3.50. The van der Waals surface area contributed by atoms with Gasteiger partial charge < -0.3 is 15.6 Å². The van der Waals surface area contributed by atoms with Gasteiger partial charge in [-0.1, -0.05) is 24.3 Å². The lowest BCUT2D eigenvalue weighted by molar-refractivity contribution is -0.0670. The fraction of sp³-hybridized carbons (Fsp3) is 0.600. The number of nitrogens with zero attached hydrogens (tertiary/aromatic N) is 2. The molecule has 4 saturated carbocycles. The van der Waals surface area contributed by atoms with Crippen molar-refractivity contribution in [3.8, 4) is 11.1 Å². The molecule has 36 heavy (non-hydrogen) atoms. The molecule has 6 heteroatoms. The van der Waals surface area contributed by atoms with Crippen LogP contribution in [0.25, 0.3) is 11.1 Å². The van der Waals surface area contributed by atoms with Crippen molar-refractivity contribution in [3.05, 3.63) is 53.3 Å². The van der Waals surface area contributed by atoms with Gasteiger partial charge in [0.25, 0.3) is 5.91 Å². The molecule has 2 bridgehead atoms. The van der Waals surface area contributed by atoms with Gasteiger partial charge in [0.05, 0.1) is 16.9 Å². The maximum Gasteiger partial charge on any atom is 0.250 e. The van der Waals surface area contributed by atoms with Crippen LogP contribution in [0.3, 0.4) is 0 Å². The van der Waals surface area contributed by atoms with E-state index in [1.165, 1.54) is 25.1 Å². The van der Waals surface area contributed by atoms with Gasteiger partial charge in [0.2, 0.25) is 0 Å². The number of aromatic nitrogens is 1. The molecule has 6 nitrogen and oxygen atoms in total. The van der Waals surface area contributed by atoms with Crippen LogP contribution in [0, 0.1) is 5.92 Å². The van der Waals surface area contributed by atoms with Crippen LogP contribution in [0.1, 0.15) is 79.4 Å². The molecule has 3 heterocycles. The highest BCUT2D eigenvalue weighted by molar-refractivity contribution is 5.95. The van der Waals surface area contributed by atoms with E-state index in [9.17, 15) is 9.90 Å². The van der Waals surface area contributed by atoms with Crippen LogP contribution in [0.2, 0.25) is 0 Å². The molecule has 1 amide bonds. The number of likely N-dealkylation sites (tertiary alicyclic amines) is 1. The summed E-state index contributed by atoms with van der Waals surface area (Å²) in [7, 11) is 0. The molecule has 6 aliphatic rings. The minimum atomic E-state index is -0.516. The summed E-state index contributed by atoms with van der Waals surface area (Å²) in [6.45, 7) is 4.19. The molecule has 2 saturated heterocycles. The van der Waals surface area contributed by atoms with E-state index >= 15 is 0 Å². The summed E-state index contributed by atoms with van der Waals surface area (Å²) in [6.07, 6.45) is 10.5. The third-order valence-electron chi connectivity index (χ3n) is 10.5. The average molecular weight is 488 g/mol. The Morgan fingerprint density at radius 2 is 1.72 bits per heavy atom. The molecule has 1 aromatic heterocycles. The first-order valence-electron chi connectivity index (χ1n) is 13.9. The topological polar surface area (TPSA) is 88.7 Å². The van der Waals surface area contributed by atoms with Gasteiger partial charge in [0.15, 0.2) is 0 Å². The summed E-state index contributed by atoms with van der Waals surface area (Å²) in [5.74, 6) is 0.368. The maximum atomic E-state index is 12.5. The Bertz CT molecular complexity index is 1160. The van der Waals surface area contributed by atoms with Crippen molar-refractivity contribution in [3.63, 3.8) is 0 Å². The van der Waals surface area contributed by atoms with E-state index in [-0.39, 0.29) is 5.41 Å². The van der Waals surface area contributed by atoms with E-state index in [4.69, 9.17) is 15.5 Å². The van der Waals surface area contributed by atoms with Crippen LogP contribution in [0.4, 0.5) is 0 Å². The zero-order valence-electron chi connectivity index (χ0n) is 21.0. The predicted molar refractivity (Wildman–Crippen MR) is 138 cm³/mol. The van der Waals surface area contributed by atoms with E-state index in [2.05, 4.69) is 29.2 Å². The number of aliphatic hydroxyl groups is 1. The van der Waals surface area contributed by atoms with Gasteiger partial charge in [-0.2, -0.15) is 0 Å². The Hall–Kier alpha value is -2.28. The Morgan fingerprint density at radius 1 is 1.03 bits per heavy atom. The van der Waals surface area contributed by atoms with Gasteiger partial charge in [0, 0.05) is 54.9 Å². The first-order chi connectivity index (χ1) is 17.4. The normalized spacial score (nSPS) is 36.1. The van der Waals surface area contributed by atoms with Gasteiger partial charge in [-0.05, 0) is 80.9 Å². The molecule has 8 rings (SSSR count). The lowest BCUT2D eigenvalue weighted by Crippen LogP contribution is -2.49. The summed E-state index contributed by atoms with van der Waals surface area (Å²) < 4.78 is 5.57. The number of carbonyl (C=O) groups is 1. The van der Waals surface area contributed by atoms with Crippen LogP contribution in [-0.4, -0.2) is 58.8 Å². The summed E-state index contributed by atoms with van der Waals surface area (Å²) in [4.78, 5) is 20.1. The van der Waals surface area contributed by atoms with E-state index in [1.807, 2.05) is 12.3 Å². The summed E-state index contributed by atoms with van der Waals surface area (Å²) in [5, 5.41) is 10.6. The molecule has 190 valence electrons. The highest BCUT2D eigenvalue weighted by atomic mass is 16.5. The molecule has 0 unspecified atom stereocenters. The van der Waals surface area contributed by atoms with Crippen LogP contribution < -0.4 is 5.73 Å². The summed E-state index contributed by atoms with van der Waals surface area (Å²) >= 11 is 0. The number of pyridine rings is 1. The minimum absolute atomic E-state index is 0.129. The van der Waals surface area contributed by atoms with E-state index in [0.717, 1.165) is 87.3 Å². The Kier molecular flexibility index (Phi) is 5.15. The number of ether oxygens (including phenoxy) is 1. The van der Waals surface area contributed by atoms with Crippen molar-refractivity contribution in [1.29, 1.82) is 0 Å². The highest BCUT2D eigenvalue weighted by Crippen LogP contribution is 2.60. The number of primary amides is 1. The molecule has 0 radical (unpaired) electrons. The number of piperidine rings is 1. The standard InChI is InChI=1S/C30H37N3O3/c31-27(34)25-15-21(17-32-26(25)28-7-10-29(35,11-8-28)12-9-28)20-1-3-22(4-2-20)30-16-23(30)18-33(19-30)24-5-13-36-14-6-24/h1-4,15,17,23-24,35H,5-14,16,18-19H2,(H2,31,34)/t23-,28?,29?,30+/m0/s1. The SMILES string of the molecule is NC(=O)c1cc(-c2ccc([C@]34C[C@H]3CN(C3CCOCC3)C4)cc2)cnc1C12CCC(O)(CC1)CC2. The number of fused-ring (bicyclic) bond motifs is 4. The Morgan fingerprint density at radius 3 is 2.39 bits per heavy atom. The number of amides is 1. The van der Waals surface area contributed by atoms with Crippen LogP contribution in [0.15, 0.2) is 36.5 Å². The fourth-order valence-electron chi connectivity index (χ4n) is 8.05. The molecular weight excluding hydrogens is 450 g/mol. The van der Waals surface area contributed by atoms with Crippen LogP contribution in [-0.2, 0) is 15.6 Å². The zero-order chi connectivity index (χ0) is 24.5. The molecule has 2 atom stereocenters. The number of hydrogen-bond acceptors (Lipinski definition) is 5. The van der Waals surface area contributed by atoms with E-state index in [0.29, 0.717) is 17.0 Å². The lowest BCUT2D eigenvalue weighted by Gasteiger charge is -2.51. The van der Waals surface area contributed by atoms with E-state index in [1.54, 1.807) is 0 Å². The number of nitrogens with two attached hydrogens (primary N) is 1. The molecule has 0 spiro atoms. The largest absolute Gasteiger partial charge is 0.390 e. The third-order valence-corrected chi connectivity index (χ3v) is 10.5. The van der Waals surface area contributed by atoms with Crippen molar-refractivity contribution in [2.24, 2.45) is 11.7 Å². The minimum Gasteiger partial charge on any atom is -0.390 e. The van der Waals surface area contributed by atoms with Crippen LogP contribution >= 0.6 is 0 Å². The summed E-state index contributed by atoms with van der Waals surface area (Å²) in [6, 6.07) is 11.6.